The molecule has 0 amide bonds. The molecule has 0 aliphatic rings. The molecule has 0 saturated carbocycles. The van der Waals surface area contributed by atoms with Crippen LogP contribution in [0, 0.1) is 0 Å². The lowest BCUT2D eigenvalue weighted by molar-refractivity contribution is 0.770. The first-order chi connectivity index (χ1) is 6.07. The second-order valence-corrected chi connectivity index (χ2v) is 3.31. The Labute approximate surface area is 82.9 Å². The summed E-state index contributed by atoms with van der Waals surface area (Å²) in [5, 5.41) is 2.87. The lowest BCUT2D eigenvalue weighted by atomic mass is 10.5. The van der Waals surface area contributed by atoms with Gasteiger partial charge in [-0.05, 0) is 22.9 Å². The van der Waals surface area contributed by atoms with Gasteiger partial charge in [-0.15, -0.1) is 0 Å². The molecule has 0 aliphatic carbocycles. The predicted molar refractivity (Wildman–Crippen MR) is 54.2 cm³/mol. The van der Waals surface area contributed by atoms with Crippen LogP contribution in [0.2, 0.25) is 0 Å². The lowest BCUT2D eigenvalue weighted by Gasteiger charge is -2.05. The van der Waals surface area contributed by atoms with Crippen LogP contribution in [0.1, 0.15) is 6.92 Å². The third-order valence-corrected chi connectivity index (χ3v) is 2.34. The summed E-state index contributed by atoms with van der Waals surface area (Å²) in [5.74, 6) is 0.426. The standard InChI is InChI=1S/C7H10BrN3O2/c1-3-9-5-4(8)6(12)11(2)7(13)10-5/h9H,3H2,1-2H3,(H,10,13). The molecule has 0 saturated heterocycles. The van der Waals surface area contributed by atoms with Gasteiger partial charge in [-0.25, -0.2) is 4.79 Å². The van der Waals surface area contributed by atoms with E-state index in [2.05, 4.69) is 26.2 Å². The van der Waals surface area contributed by atoms with Crippen molar-refractivity contribution >= 4 is 21.7 Å². The molecule has 0 aromatic carbocycles. The van der Waals surface area contributed by atoms with Gasteiger partial charge in [0.25, 0.3) is 5.56 Å². The molecule has 0 unspecified atom stereocenters. The maximum atomic E-state index is 11.3. The van der Waals surface area contributed by atoms with Crippen LogP contribution in [0.25, 0.3) is 0 Å². The fourth-order valence-electron chi connectivity index (χ4n) is 0.891. The summed E-state index contributed by atoms with van der Waals surface area (Å²) < 4.78 is 1.35. The van der Waals surface area contributed by atoms with Gasteiger partial charge in [0.1, 0.15) is 10.3 Å². The molecule has 2 N–H and O–H groups in total. The maximum absolute atomic E-state index is 11.3. The van der Waals surface area contributed by atoms with Gasteiger partial charge in [-0.2, -0.15) is 0 Å². The fourth-order valence-corrected chi connectivity index (χ4v) is 1.40. The zero-order valence-electron chi connectivity index (χ0n) is 7.35. The highest BCUT2D eigenvalue weighted by Gasteiger charge is 2.07. The van der Waals surface area contributed by atoms with Crippen LogP contribution in [0.15, 0.2) is 14.1 Å². The first kappa shape index (κ1) is 10.0. The zero-order valence-corrected chi connectivity index (χ0v) is 8.93. The van der Waals surface area contributed by atoms with Gasteiger partial charge in [-0.3, -0.25) is 14.3 Å². The molecule has 0 fully saturated rings. The van der Waals surface area contributed by atoms with E-state index in [1.54, 1.807) is 0 Å². The molecule has 0 spiro atoms. The topological polar surface area (TPSA) is 66.9 Å². The Hall–Kier alpha value is -1.04. The van der Waals surface area contributed by atoms with E-state index in [4.69, 9.17) is 0 Å². The molecule has 6 heteroatoms. The summed E-state index contributed by atoms with van der Waals surface area (Å²) in [4.78, 5) is 25.0. The Bertz CT molecular complexity index is 421. The van der Waals surface area contributed by atoms with Gasteiger partial charge in [-0.1, -0.05) is 0 Å². The first-order valence-electron chi connectivity index (χ1n) is 3.80. The largest absolute Gasteiger partial charge is 0.371 e. The normalized spacial score (nSPS) is 10.1. The number of nitrogens with one attached hydrogen (secondary N) is 2. The number of aromatic nitrogens is 2. The fraction of sp³-hybridized carbons (Fsp3) is 0.429. The van der Waals surface area contributed by atoms with E-state index in [9.17, 15) is 9.59 Å². The second kappa shape index (κ2) is 3.78. The Balaban J connectivity index is 3.41. The van der Waals surface area contributed by atoms with Crippen molar-refractivity contribution in [3.63, 3.8) is 0 Å². The minimum absolute atomic E-state index is 0.344. The van der Waals surface area contributed by atoms with Crippen LogP contribution in [-0.2, 0) is 7.05 Å². The van der Waals surface area contributed by atoms with Crippen LogP contribution in [0.5, 0.6) is 0 Å². The van der Waals surface area contributed by atoms with Crippen molar-refractivity contribution < 1.29 is 0 Å². The van der Waals surface area contributed by atoms with Crippen LogP contribution in [0.3, 0.4) is 0 Å². The van der Waals surface area contributed by atoms with Gasteiger partial charge in [0, 0.05) is 13.6 Å². The minimum atomic E-state index is -0.427. The summed E-state index contributed by atoms with van der Waals surface area (Å²) in [6, 6.07) is 0. The second-order valence-electron chi connectivity index (χ2n) is 2.51. The molecule has 5 nitrogen and oxygen atoms in total. The van der Waals surface area contributed by atoms with Crippen molar-refractivity contribution in [3.8, 4) is 0 Å². The van der Waals surface area contributed by atoms with Crippen LogP contribution < -0.4 is 16.6 Å². The third kappa shape index (κ3) is 1.82. The smallest absolute Gasteiger partial charge is 0.329 e. The Morgan fingerprint density at radius 2 is 2.15 bits per heavy atom. The highest BCUT2D eigenvalue weighted by molar-refractivity contribution is 9.10. The van der Waals surface area contributed by atoms with Crippen molar-refractivity contribution in [1.29, 1.82) is 0 Å². The number of anilines is 1. The molecule has 72 valence electrons. The van der Waals surface area contributed by atoms with Gasteiger partial charge in [0.05, 0.1) is 0 Å². The van der Waals surface area contributed by atoms with Crippen LogP contribution >= 0.6 is 15.9 Å². The van der Waals surface area contributed by atoms with E-state index in [-0.39, 0.29) is 5.56 Å². The number of hydrogen-bond donors (Lipinski definition) is 2. The monoisotopic (exact) mass is 247 g/mol. The van der Waals surface area contributed by atoms with Crippen molar-refractivity contribution in [3.05, 3.63) is 25.3 Å². The van der Waals surface area contributed by atoms with Crippen LogP contribution in [0.4, 0.5) is 5.82 Å². The zero-order chi connectivity index (χ0) is 10.0. The quantitative estimate of drug-likeness (QED) is 0.789. The van der Waals surface area contributed by atoms with E-state index in [0.717, 1.165) is 4.57 Å². The van der Waals surface area contributed by atoms with Gasteiger partial charge in [0.2, 0.25) is 0 Å². The van der Waals surface area contributed by atoms with Crippen molar-refractivity contribution in [2.75, 3.05) is 11.9 Å². The number of halogens is 1. The van der Waals surface area contributed by atoms with E-state index in [1.165, 1.54) is 7.05 Å². The minimum Gasteiger partial charge on any atom is -0.371 e. The van der Waals surface area contributed by atoms with E-state index >= 15 is 0 Å². The molecule has 0 radical (unpaired) electrons. The molecule has 1 aromatic heterocycles. The summed E-state index contributed by atoms with van der Waals surface area (Å²) in [6.07, 6.45) is 0. The molecular formula is C7H10BrN3O2. The first-order valence-corrected chi connectivity index (χ1v) is 4.60. The Morgan fingerprint density at radius 3 is 2.69 bits per heavy atom. The molecule has 1 aromatic rings. The summed E-state index contributed by atoms with van der Waals surface area (Å²) in [6.45, 7) is 2.52. The molecule has 0 atom stereocenters. The molecule has 1 heterocycles. The van der Waals surface area contributed by atoms with Gasteiger partial charge < -0.3 is 5.32 Å². The van der Waals surface area contributed by atoms with Gasteiger partial charge >= 0.3 is 5.69 Å². The molecule has 0 aliphatic heterocycles. The number of aromatic amines is 1. The highest BCUT2D eigenvalue weighted by atomic mass is 79.9. The Kier molecular flexibility index (Phi) is 2.92. The molecule has 1 rings (SSSR count). The molecular weight excluding hydrogens is 238 g/mol. The van der Waals surface area contributed by atoms with Crippen molar-refractivity contribution in [2.45, 2.75) is 6.92 Å². The van der Waals surface area contributed by atoms with Gasteiger partial charge in [0.15, 0.2) is 0 Å². The SMILES string of the molecule is CCNc1[nH]c(=O)n(C)c(=O)c1Br. The highest BCUT2D eigenvalue weighted by Crippen LogP contribution is 2.11. The number of nitrogens with zero attached hydrogens (tertiary/aromatic N) is 1. The third-order valence-electron chi connectivity index (χ3n) is 1.60. The lowest BCUT2D eigenvalue weighted by Crippen LogP contribution is -2.34. The number of hydrogen-bond acceptors (Lipinski definition) is 3. The average Bonchev–Trinajstić information content (AvgIpc) is 2.11. The molecule has 0 bridgehead atoms. The van der Waals surface area contributed by atoms with E-state index in [0.29, 0.717) is 16.8 Å². The van der Waals surface area contributed by atoms with E-state index < -0.39 is 5.69 Å². The predicted octanol–water partition coefficient (Wildman–Crippen LogP) is 0.268. The summed E-state index contributed by atoms with van der Waals surface area (Å²) in [5.41, 5.74) is -0.774. The van der Waals surface area contributed by atoms with E-state index in [1.807, 2.05) is 6.92 Å². The Morgan fingerprint density at radius 1 is 1.54 bits per heavy atom. The molecule has 13 heavy (non-hydrogen) atoms. The summed E-state index contributed by atoms with van der Waals surface area (Å²) >= 11 is 3.10. The van der Waals surface area contributed by atoms with Crippen molar-refractivity contribution in [2.24, 2.45) is 7.05 Å². The average molecular weight is 248 g/mol. The summed E-state index contributed by atoms with van der Waals surface area (Å²) in [7, 11) is 1.42. The maximum Gasteiger partial charge on any atom is 0.329 e. The number of rotatable bonds is 2. The van der Waals surface area contributed by atoms with Crippen molar-refractivity contribution in [1.82, 2.24) is 9.55 Å². The van der Waals surface area contributed by atoms with Crippen LogP contribution in [-0.4, -0.2) is 16.1 Å². The number of H-pyrrole nitrogens is 1.